The summed E-state index contributed by atoms with van der Waals surface area (Å²) in [6.07, 6.45) is -2.43. The Kier molecular flexibility index (Phi) is 5.10. The molecule has 0 aromatic heterocycles. The minimum Gasteiger partial charge on any atom is -0.306 e. The van der Waals surface area contributed by atoms with Crippen LogP contribution in [0.2, 0.25) is 5.02 Å². The molecule has 1 N–H and O–H groups in total. The van der Waals surface area contributed by atoms with Crippen LogP contribution in [0.5, 0.6) is 0 Å². The average molecular weight is 296 g/mol. The number of hydrogen-bond acceptors (Lipinski definition) is 1. The first kappa shape index (κ1) is 14.9. The summed E-state index contributed by atoms with van der Waals surface area (Å²) >= 11 is 6.13. The lowest BCUT2D eigenvalue weighted by atomic mass is 10.1. The van der Waals surface area contributed by atoms with E-state index in [9.17, 15) is 8.78 Å². The van der Waals surface area contributed by atoms with Gasteiger partial charge in [0.2, 0.25) is 0 Å². The minimum absolute atomic E-state index is 0.0506. The highest BCUT2D eigenvalue weighted by molar-refractivity contribution is 6.31. The number of halogens is 3. The number of alkyl halides is 2. The van der Waals surface area contributed by atoms with E-state index in [1.54, 1.807) is 6.07 Å². The van der Waals surface area contributed by atoms with Gasteiger partial charge in [0.05, 0.1) is 0 Å². The predicted molar refractivity (Wildman–Crippen MR) is 78.1 cm³/mol. The second kappa shape index (κ2) is 6.82. The third-order valence-corrected chi connectivity index (χ3v) is 3.53. The first-order chi connectivity index (χ1) is 9.58. The van der Waals surface area contributed by atoms with Crippen molar-refractivity contribution >= 4 is 11.6 Å². The van der Waals surface area contributed by atoms with Crippen molar-refractivity contribution in [2.75, 3.05) is 0 Å². The molecule has 1 unspecified atom stereocenters. The molecule has 0 aliphatic heterocycles. The van der Waals surface area contributed by atoms with Crippen LogP contribution < -0.4 is 5.32 Å². The highest BCUT2D eigenvalue weighted by Gasteiger charge is 2.10. The van der Waals surface area contributed by atoms with Crippen LogP contribution in [0.25, 0.3) is 0 Å². The molecule has 2 aromatic rings. The molecular weight excluding hydrogens is 280 g/mol. The fourth-order valence-corrected chi connectivity index (χ4v) is 2.35. The fraction of sp³-hybridized carbons (Fsp3) is 0.250. The highest BCUT2D eigenvalue weighted by Crippen LogP contribution is 2.23. The molecule has 0 saturated heterocycles. The predicted octanol–water partition coefficient (Wildman–Crippen LogP) is 5.13. The van der Waals surface area contributed by atoms with Gasteiger partial charge in [-0.25, -0.2) is 8.78 Å². The van der Waals surface area contributed by atoms with Gasteiger partial charge in [-0.3, -0.25) is 0 Å². The first-order valence-electron chi connectivity index (χ1n) is 6.42. The van der Waals surface area contributed by atoms with Crippen LogP contribution in [0, 0.1) is 0 Å². The maximum Gasteiger partial charge on any atom is 0.263 e. The van der Waals surface area contributed by atoms with E-state index in [-0.39, 0.29) is 11.6 Å². The summed E-state index contributed by atoms with van der Waals surface area (Å²) in [5.74, 6) is 0. The molecule has 0 bridgehead atoms. The number of benzene rings is 2. The third kappa shape index (κ3) is 3.78. The van der Waals surface area contributed by atoms with Gasteiger partial charge in [0, 0.05) is 23.2 Å². The molecule has 4 heteroatoms. The molecule has 2 rings (SSSR count). The van der Waals surface area contributed by atoms with Gasteiger partial charge in [0.25, 0.3) is 6.43 Å². The van der Waals surface area contributed by atoms with Crippen LogP contribution in [-0.4, -0.2) is 0 Å². The van der Waals surface area contributed by atoms with Crippen molar-refractivity contribution in [2.24, 2.45) is 0 Å². The molecular formula is C16H16ClF2N. The van der Waals surface area contributed by atoms with Gasteiger partial charge in [-0.2, -0.15) is 0 Å². The Morgan fingerprint density at radius 3 is 2.55 bits per heavy atom. The molecule has 0 saturated carbocycles. The molecule has 0 fully saturated rings. The minimum atomic E-state index is -2.43. The molecule has 0 aliphatic carbocycles. The van der Waals surface area contributed by atoms with Gasteiger partial charge in [-0.05, 0) is 30.2 Å². The quantitative estimate of drug-likeness (QED) is 0.806. The lowest BCUT2D eigenvalue weighted by Gasteiger charge is -2.16. The Bertz CT molecular complexity index is 572. The molecule has 0 amide bonds. The molecule has 2 aromatic carbocycles. The standard InChI is InChI=1S/C16H16ClF2N/c1-11(14-7-2-3-8-15(14)17)20-10-12-5-4-6-13(9-12)16(18)19/h2-9,11,16,20H,10H2,1H3. The molecule has 1 nitrogen and oxygen atoms in total. The lowest BCUT2D eigenvalue weighted by molar-refractivity contribution is 0.151. The van der Waals surface area contributed by atoms with Gasteiger partial charge in [-0.15, -0.1) is 0 Å². The number of rotatable bonds is 5. The van der Waals surface area contributed by atoms with E-state index in [1.165, 1.54) is 12.1 Å². The van der Waals surface area contributed by atoms with E-state index in [2.05, 4.69) is 5.32 Å². The molecule has 106 valence electrons. The lowest BCUT2D eigenvalue weighted by Crippen LogP contribution is -2.18. The van der Waals surface area contributed by atoms with Crippen LogP contribution in [-0.2, 0) is 6.54 Å². The van der Waals surface area contributed by atoms with Crippen molar-refractivity contribution in [3.8, 4) is 0 Å². The van der Waals surface area contributed by atoms with Crippen LogP contribution in [0.3, 0.4) is 0 Å². The second-order valence-electron chi connectivity index (χ2n) is 4.67. The zero-order valence-electron chi connectivity index (χ0n) is 11.1. The summed E-state index contributed by atoms with van der Waals surface area (Å²) < 4.78 is 25.3. The van der Waals surface area contributed by atoms with Gasteiger partial charge in [0.1, 0.15) is 0 Å². The van der Waals surface area contributed by atoms with E-state index in [0.717, 1.165) is 11.1 Å². The van der Waals surface area contributed by atoms with E-state index in [0.29, 0.717) is 11.6 Å². The monoisotopic (exact) mass is 295 g/mol. The van der Waals surface area contributed by atoms with Crippen LogP contribution in [0.4, 0.5) is 8.78 Å². The summed E-state index contributed by atoms with van der Waals surface area (Å²) in [5, 5.41) is 4.00. The summed E-state index contributed by atoms with van der Waals surface area (Å²) in [6, 6.07) is 14.1. The molecule has 0 spiro atoms. The highest BCUT2D eigenvalue weighted by atomic mass is 35.5. The van der Waals surface area contributed by atoms with Gasteiger partial charge >= 0.3 is 0 Å². The largest absolute Gasteiger partial charge is 0.306 e. The Labute approximate surface area is 122 Å². The van der Waals surface area contributed by atoms with Gasteiger partial charge < -0.3 is 5.32 Å². The normalized spacial score (nSPS) is 12.7. The smallest absolute Gasteiger partial charge is 0.263 e. The summed E-state index contributed by atoms with van der Waals surface area (Å²) in [7, 11) is 0. The molecule has 0 radical (unpaired) electrons. The Morgan fingerprint density at radius 2 is 1.85 bits per heavy atom. The van der Waals surface area contributed by atoms with Crippen molar-refractivity contribution in [3.05, 3.63) is 70.2 Å². The number of hydrogen-bond donors (Lipinski definition) is 1. The Balaban J connectivity index is 2.02. The van der Waals surface area contributed by atoms with Crippen molar-refractivity contribution in [3.63, 3.8) is 0 Å². The third-order valence-electron chi connectivity index (χ3n) is 3.19. The summed E-state index contributed by atoms with van der Waals surface area (Å²) in [5.41, 5.74) is 1.88. The Morgan fingerprint density at radius 1 is 1.10 bits per heavy atom. The maximum atomic E-state index is 12.6. The fourth-order valence-electron chi connectivity index (χ4n) is 2.05. The van der Waals surface area contributed by atoms with Crippen LogP contribution in [0.1, 0.15) is 36.1 Å². The van der Waals surface area contributed by atoms with E-state index in [1.807, 2.05) is 37.3 Å². The Hall–Kier alpha value is -1.45. The van der Waals surface area contributed by atoms with Crippen LogP contribution >= 0.6 is 11.6 Å². The summed E-state index contributed by atoms with van der Waals surface area (Å²) in [6.45, 7) is 2.52. The van der Waals surface area contributed by atoms with Gasteiger partial charge in [0.15, 0.2) is 0 Å². The van der Waals surface area contributed by atoms with Crippen molar-refractivity contribution < 1.29 is 8.78 Å². The maximum absolute atomic E-state index is 12.6. The zero-order chi connectivity index (χ0) is 14.5. The molecule has 20 heavy (non-hydrogen) atoms. The SMILES string of the molecule is CC(NCc1cccc(C(F)F)c1)c1ccccc1Cl. The topological polar surface area (TPSA) is 12.0 Å². The molecule has 0 aliphatic rings. The van der Waals surface area contributed by atoms with E-state index < -0.39 is 6.43 Å². The molecule has 1 atom stereocenters. The van der Waals surface area contributed by atoms with Crippen molar-refractivity contribution in [1.82, 2.24) is 5.32 Å². The second-order valence-corrected chi connectivity index (χ2v) is 5.08. The summed E-state index contributed by atoms with van der Waals surface area (Å²) in [4.78, 5) is 0. The van der Waals surface area contributed by atoms with Crippen molar-refractivity contribution in [2.45, 2.75) is 25.9 Å². The van der Waals surface area contributed by atoms with Gasteiger partial charge in [-0.1, -0.05) is 48.0 Å². The molecule has 0 heterocycles. The number of nitrogens with one attached hydrogen (secondary N) is 1. The average Bonchev–Trinajstić information content (AvgIpc) is 2.45. The van der Waals surface area contributed by atoms with E-state index >= 15 is 0 Å². The zero-order valence-corrected chi connectivity index (χ0v) is 11.9. The first-order valence-corrected chi connectivity index (χ1v) is 6.80. The van der Waals surface area contributed by atoms with E-state index in [4.69, 9.17) is 11.6 Å². The van der Waals surface area contributed by atoms with Crippen molar-refractivity contribution in [1.29, 1.82) is 0 Å². The van der Waals surface area contributed by atoms with Crippen LogP contribution in [0.15, 0.2) is 48.5 Å².